The summed E-state index contributed by atoms with van der Waals surface area (Å²) < 4.78 is 13.7. The van der Waals surface area contributed by atoms with Gasteiger partial charge in [-0.05, 0) is 19.1 Å². The van der Waals surface area contributed by atoms with Crippen LogP contribution in [0.1, 0.15) is 12.6 Å². The van der Waals surface area contributed by atoms with E-state index in [4.69, 9.17) is 11.6 Å². The van der Waals surface area contributed by atoms with Crippen LogP contribution in [0.2, 0.25) is 0 Å². The molecule has 2 nitrogen and oxygen atoms in total. The second kappa shape index (κ2) is 5.47. The lowest BCUT2D eigenvalue weighted by Gasteiger charge is -2.20. The molecule has 90 valence electrons. The van der Waals surface area contributed by atoms with Crippen molar-refractivity contribution in [2.75, 3.05) is 11.4 Å². The van der Waals surface area contributed by atoms with Crippen molar-refractivity contribution in [2.24, 2.45) is 0 Å². The van der Waals surface area contributed by atoms with E-state index >= 15 is 0 Å². The first kappa shape index (κ1) is 12.3. The SMILES string of the molecule is CCN(c1nc(CCl)cs1)c1ccccc1F. The lowest BCUT2D eigenvalue weighted by atomic mass is 10.3. The van der Waals surface area contributed by atoms with E-state index in [1.54, 1.807) is 12.1 Å². The molecule has 0 saturated heterocycles. The summed E-state index contributed by atoms with van der Waals surface area (Å²) in [5, 5.41) is 2.67. The highest BCUT2D eigenvalue weighted by Crippen LogP contribution is 2.30. The first-order valence-electron chi connectivity index (χ1n) is 5.28. The molecule has 0 unspecified atom stereocenters. The topological polar surface area (TPSA) is 16.1 Å². The van der Waals surface area contributed by atoms with Crippen molar-refractivity contribution in [3.8, 4) is 0 Å². The van der Waals surface area contributed by atoms with Gasteiger partial charge >= 0.3 is 0 Å². The van der Waals surface area contributed by atoms with Crippen molar-refractivity contribution >= 4 is 33.8 Å². The summed E-state index contributed by atoms with van der Waals surface area (Å²) in [7, 11) is 0. The van der Waals surface area contributed by atoms with Crippen molar-refractivity contribution in [3.05, 3.63) is 41.2 Å². The first-order chi connectivity index (χ1) is 8.26. The van der Waals surface area contributed by atoms with Gasteiger partial charge in [0.2, 0.25) is 0 Å². The number of thiazole rings is 1. The van der Waals surface area contributed by atoms with Gasteiger partial charge in [-0.1, -0.05) is 12.1 Å². The molecule has 0 saturated carbocycles. The van der Waals surface area contributed by atoms with E-state index in [1.807, 2.05) is 23.3 Å². The lowest BCUT2D eigenvalue weighted by molar-refractivity contribution is 0.625. The summed E-state index contributed by atoms with van der Waals surface area (Å²) in [6.45, 7) is 2.63. The summed E-state index contributed by atoms with van der Waals surface area (Å²) in [6, 6.07) is 6.70. The molecule has 17 heavy (non-hydrogen) atoms. The molecule has 0 N–H and O–H groups in total. The third-order valence-corrected chi connectivity index (χ3v) is 3.55. The van der Waals surface area contributed by atoms with Crippen molar-refractivity contribution < 1.29 is 4.39 Å². The Hall–Kier alpha value is -1.13. The molecule has 2 aromatic rings. The Balaban J connectivity index is 2.36. The molecule has 0 bridgehead atoms. The Morgan fingerprint density at radius 1 is 1.41 bits per heavy atom. The van der Waals surface area contributed by atoms with Crippen LogP contribution in [0.3, 0.4) is 0 Å². The number of aromatic nitrogens is 1. The van der Waals surface area contributed by atoms with Crippen LogP contribution in [0.4, 0.5) is 15.2 Å². The fourth-order valence-electron chi connectivity index (χ4n) is 1.56. The standard InChI is InChI=1S/C12H12ClFN2S/c1-2-16(11-6-4-3-5-10(11)14)12-15-9(7-13)8-17-12/h3-6,8H,2,7H2,1H3. The number of para-hydroxylation sites is 1. The van der Waals surface area contributed by atoms with Gasteiger partial charge in [-0.2, -0.15) is 0 Å². The molecule has 0 aliphatic rings. The van der Waals surface area contributed by atoms with Crippen molar-refractivity contribution in [1.29, 1.82) is 0 Å². The smallest absolute Gasteiger partial charge is 0.190 e. The maximum atomic E-state index is 13.7. The highest BCUT2D eigenvalue weighted by molar-refractivity contribution is 7.13. The van der Waals surface area contributed by atoms with E-state index in [1.165, 1.54) is 17.4 Å². The zero-order valence-corrected chi connectivity index (χ0v) is 10.9. The van der Waals surface area contributed by atoms with Crippen LogP contribution >= 0.6 is 22.9 Å². The van der Waals surface area contributed by atoms with E-state index in [-0.39, 0.29) is 5.82 Å². The first-order valence-corrected chi connectivity index (χ1v) is 6.70. The Morgan fingerprint density at radius 3 is 2.76 bits per heavy atom. The number of rotatable bonds is 4. The number of anilines is 2. The van der Waals surface area contributed by atoms with Crippen molar-refractivity contribution in [3.63, 3.8) is 0 Å². The van der Waals surface area contributed by atoms with E-state index in [9.17, 15) is 4.39 Å². The quantitative estimate of drug-likeness (QED) is 0.775. The number of hydrogen-bond acceptors (Lipinski definition) is 3. The Kier molecular flexibility index (Phi) is 3.97. The summed E-state index contributed by atoms with van der Waals surface area (Å²) in [5.41, 5.74) is 1.37. The van der Waals surface area contributed by atoms with Gasteiger partial charge in [0.25, 0.3) is 0 Å². The van der Waals surface area contributed by atoms with E-state index in [0.29, 0.717) is 18.1 Å². The zero-order chi connectivity index (χ0) is 12.3. The van der Waals surface area contributed by atoms with Crippen LogP contribution in [-0.4, -0.2) is 11.5 Å². The fourth-order valence-corrected chi connectivity index (χ4v) is 2.69. The molecular formula is C12H12ClFN2S. The predicted octanol–water partition coefficient (Wildman–Crippen LogP) is 4.18. The summed E-state index contributed by atoms with van der Waals surface area (Å²) >= 11 is 7.19. The van der Waals surface area contributed by atoms with Gasteiger partial charge in [-0.3, -0.25) is 0 Å². The Morgan fingerprint density at radius 2 is 2.18 bits per heavy atom. The molecule has 0 spiro atoms. The molecule has 1 aromatic heterocycles. The highest BCUT2D eigenvalue weighted by atomic mass is 35.5. The van der Waals surface area contributed by atoms with Crippen molar-refractivity contribution in [1.82, 2.24) is 4.98 Å². The molecule has 2 rings (SSSR count). The molecule has 0 aliphatic heterocycles. The second-order valence-electron chi connectivity index (χ2n) is 3.45. The average Bonchev–Trinajstić information content (AvgIpc) is 2.81. The van der Waals surface area contributed by atoms with E-state index < -0.39 is 0 Å². The largest absolute Gasteiger partial charge is 0.315 e. The third kappa shape index (κ3) is 2.58. The van der Waals surface area contributed by atoms with Crippen LogP contribution in [0, 0.1) is 5.82 Å². The molecule has 0 fully saturated rings. The van der Waals surface area contributed by atoms with Gasteiger partial charge in [0.1, 0.15) is 5.82 Å². The monoisotopic (exact) mass is 270 g/mol. The molecule has 0 atom stereocenters. The van der Waals surface area contributed by atoms with Crippen LogP contribution < -0.4 is 4.90 Å². The Bertz CT molecular complexity index is 501. The summed E-state index contributed by atoms with van der Waals surface area (Å²) in [6.07, 6.45) is 0. The maximum Gasteiger partial charge on any atom is 0.190 e. The number of alkyl halides is 1. The molecule has 0 radical (unpaired) electrons. The lowest BCUT2D eigenvalue weighted by Crippen LogP contribution is -2.17. The third-order valence-electron chi connectivity index (χ3n) is 2.37. The van der Waals surface area contributed by atoms with Crippen LogP contribution in [0.15, 0.2) is 29.6 Å². The zero-order valence-electron chi connectivity index (χ0n) is 9.36. The minimum absolute atomic E-state index is 0.239. The minimum atomic E-state index is -0.239. The van der Waals surface area contributed by atoms with Gasteiger partial charge in [0.15, 0.2) is 5.13 Å². The molecule has 1 heterocycles. The second-order valence-corrected chi connectivity index (χ2v) is 4.55. The Labute approximate surface area is 109 Å². The predicted molar refractivity (Wildman–Crippen MR) is 70.8 cm³/mol. The number of nitrogens with zero attached hydrogens (tertiary/aromatic N) is 2. The van der Waals surface area contributed by atoms with Gasteiger partial charge in [0.05, 0.1) is 17.3 Å². The number of benzene rings is 1. The number of halogens is 2. The van der Waals surface area contributed by atoms with Gasteiger partial charge in [-0.25, -0.2) is 9.37 Å². The fraction of sp³-hybridized carbons (Fsp3) is 0.250. The summed E-state index contributed by atoms with van der Waals surface area (Å²) in [4.78, 5) is 6.21. The molecule has 5 heteroatoms. The molecule has 0 aliphatic carbocycles. The highest BCUT2D eigenvalue weighted by Gasteiger charge is 2.14. The van der Waals surface area contributed by atoms with Crippen LogP contribution in [-0.2, 0) is 5.88 Å². The van der Waals surface area contributed by atoms with E-state index in [0.717, 1.165) is 10.8 Å². The van der Waals surface area contributed by atoms with E-state index in [2.05, 4.69) is 4.98 Å². The van der Waals surface area contributed by atoms with Gasteiger partial charge in [0, 0.05) is 11.9 Å². The molecule has 0 amide bonds. The van der Waals surface area contributed by atoms with Crippen LogP contribution in [0.25, 0.3) is 0 Å². The minimum Gasteiger partial charge on any atom is -0.315 e. The maximum absolute atomic E-state index is 13.7. The average molecular weight is 271 g/mol. The van der Waals surface area contributed by atoms with Crippen molar-refractivity contribution in [2.45, 2.75) is 12.8 Å². The van der Waals surface area contributed by atoms with Gasteiger partial charge in [-0.15, -0.1) is 22.9 Å². The normalized spacial score (nSPS) is 10.5. The molecule has 1 aromatic carbocycles. The van der Waals surface area contributed by atoms with Crippen LogP contribution in [0.5, 0.6) is 0 Å². The molecular weight excluding hydrogens is 259 g/mol. The van der Waals surface area contributed by atoms with Gasteiger partial charge < -0.3 is 4.90 Å². The summed E-state index contributed by atoms with van der Waals surface area (Å²) in [5.74, 6) is 0.141. The number of hydrogen-bond donors (Lipinski definition) is 0.